The zero-order valence-corrected chi connectivity index (χ0v) is 14.5. The Labute approximate surface area is 139 Å². The first-order valence-electron chi connectivity index (χ1n) is 8.43. The molecule has 0 aliphatic carbocycles. The van der Waals surface area contributed by atoms with Crippen LogP contribution in [0.2, 0.25) is 0 Å². The van der Waals surface area contributed by atoms with Crippen molar-refractivity contribution in [2.24, 2.45) is 5.92 Å². The van der Waals surface area contributed by atoms with Crippen LogP contribution in [0.15, 0.2) is 30.3 Å². The summed E-state index contributed by atoms with van der Waals surface area (Å²) in [6, 6.07) is 8.50. The number of piperidine rings is 1. The van der Waals surface area contributed by atoms with Gasteiger partial charge in [-0.15, -0.1) is 0 Å². The Morgan fingerprint density at radius 3 is 2.74 bits per heavy atom. The molecule has 1 fully saturated rings. The van der Waals surface area contributed by atoms with E-state index in [4.69, 9.17) is 4.74 Å². The van der Waals surface area contributed by atoms with Gasteiger partial charge >= 0.3 is 5.97 Å². The molecule has 0 bridgehead atoms. The molecular formula is C19H28N2O2. The first-order valence-corrected chi connectivity index (χ1v) is 8.43. The summed E-state index contributed by atoms with van der Waals surface area (Å²) in [5.74, 6) is -0.00284. The van der Waals surface area contributed by atoms with E-state index in [2.05, 4.69) is 46.2 Å². The Bertz CT molecular complexity index is 523. The van der Waals surface area contributed by atoms with Crippen LogP contribution in [0.3, 0.4) is 0 Å². The number of anilines is 1. The number of likely N-dealkylation sites (tertiary alicyclic amines) is 1. The molecule has 0 amide bonds. The molecule has 0 N–H and O–H groups in total. The third-order valence-corrected chi connectivity index (χ3v) is 4.21. The summed E-state index contributed by atoms with van der Waals surface area (Å²) >= 11 is 0. The lowest BCUT2D eigenvalue weighted by atomic mass is 9.98. The van der Waals surface area contributed by atoms with E-state index in [0.29, 0.717) is 6.61 Å². The summed E-state index contributed by atoms with van der Waals surface area (Å²) in [5, 5.41) is 0. The van der Waals surface area contributed by atoms with Gasteiger partial charge in [-0.1, -0.05) is 24.3 Å². The van der Waals surface area contributed by atoms with Crippen molar-refractivity contribution in [2.45, 2.75) is 19.8 Å². The van der Waals surface area contributed by atoms with Crippen LogP contribution >= 0.6 is 0 Å². The maximum Gasteiger partial charge on any atom is 0.310 e. The number of carbonyl (C=O) groups is 1. The van der Waals surface area contributed by atoms with Crippen LogP contribution in [-0.2, 0) is 9.53 Å². The molecule has 4 heteroatoms. The Morgan fingerprint density at radius 2 is 2.09 bits per heavy atom. The topological polar surface area (TPSA) is 32.8 Å². The number of nitrogens with zero attached hydrogens (tertiary/aromatic N) is 2. The lowest BCUT2D eigenvalue weighted by Gasteiger charge is -2.30. The van der Waals surface area contributed by atoms with Crippen LogP contribution < -0.4 is 4.90 Å². The molecule has 1 aromatic carbocycles. The second-order valence-electron chi connectivity index (χ2n) is 6.24. The summed E-state index contributed by atoms with van der Waals surface area (Å²) in [4.78, 5) is 16.3. The quantitative estimate of drug-likeness (QED) is 0.755. The van der Waals surface area contributed by atoms with Crippen LogP contribution in [0.25, 0.3) is 6.08 Å². The maximum atomic E-state index is 11.9. The molecule has 4 nitrogen and oxygen atoms in total. The van der Waals surface area contributed by atoms with Crippen LogP contribution in [-0.4, -0.2) is 51.2 Å². The minimum absolute atomic E-state index is 0.0384. The normalized spacial score (nSPS) is 19.0. The molecule has 1 aliphatic heterocycles. The van der Waals surface area contributed by atoms with E-state index in [0.717, 1.165) is 32.5 Å². The molecular weight excluding hydrogens is 288 g/mol. The van der Waals surface area contributed by atoms with E-state index in [1.807, 2.05) is 21.0 Å². The van der Waals surface area contributed by atoms with E-state index >= 15 is 0 Å². The lowest BCUT2D eigenvalue weighted by Crippen LogP contribution is -2.39. The average Bonchev–Trinajstić information content (AvgIpc) is 2.56. The highest BCUT2D eigenvalue weighted by Crippen LogP contribution is 2.18. The molecule has 1 heterocycles. The predicted molar refractivity (Wildman–Crippen MR) is 95.6 cm³/mol. The minimum Gasteiger partial charge on any atom is -0.466 e. The van der Waals surface area contributed by atoms with Gasteiger partial charge in [-0.2, -0.15) is 0 Å². The molecule has 1 aromatic rings. The SMILES string of the molecule is CCOC(=O)[C@H]1CCCN(C/C=C/c2ccc(N(C)C)cc2)C1. The number of ether oxygens (including phenoxy) is 1. The van der Waals surface area contributed by atoms with Crippen molar-refractivity contribution in [3.05, 3.63) is 35.9 Å². The highest BCUT2D eigenvalue weighted by molar-refractivity contribution is 5.72. The Morgan fingerprint density at radius 1 is 1.35 bits per heavy atom. The van der Waals surface area contributed by atoms with Crippen LogP contribution in [0.5, 0.6) is 0 Å². The summed E-state index contributed by atoms with van der Waals surface area (Å²) in [6.45, 7) is 5.08. The number of hydrogen-bond acceptors (Lipinski definition) is 4. The van der Waals surface area contributed by atoms with Crippen molar-refractivity contribution in [1.82, 2.24) is 4.90 Å². The number of hydrogen-bond donors (Lipinski definition) is 0. The molecule has 0 saturated carbocycles. The maximum absolute atomic E-state index is 11.9. The van der Waals surface area contributed by atoms with Crippen molar-refractivity contribution in [2.75, 3.05) is 45.2 Å². The van der Waals surface area contributed by atoms with Gasteiger partial charge in [0.2, 0.25) is 0 Å². The van der Waals surface area contributed by atoms with Gasteiger partial charge in [-0.3, -0.25) is 9.69 Å². The molecule has 2 rings (SSSR count). The zero-order valence-electron chi connectivity index (χ0n) is 14.5. The van der Waals surface area contributed by atoms with E-state index in [1.165, 1.54) is 11.3 Å². The summed E-state index contributed by atoms with van der Waals surface area (Å²) < 4.78 is 5.15. The van der Waals surface area contributed by atoms with E-state index in [1.54, 1.807) is 0 Å². The zero-order chi connectivity index (χ0) is 16.7. The first-order chi connectivity index (χ1) is 11.1. The van der Waals surface area contributed by atoms with Gasteiger partial charge in [0, 0.05) is 32.9 Å². The Balaban J connectivity index is 1.83. The smallest absolute Gasteiger partial charge is 0.310 e. The number of esters is 1. The second-order valence-corrected chi connectivity index (χ2v) is 6.24. The monoisotopic (exact) mass is 316 g/mol. The van der Waals surface area contributed by atoms with Crippen LogP contribution in [0.1, 0.15) is 25.3 Å². The van der Waals surface area contributed by atoms with Crippen molar-refractivity contribution in [3.8, 4) is 0 Å². The molecule has 0 radical (unpaired) electrons. The van der Waals surface area contributed by atoms with Crippen LogP contribution in [0, 0.1) is 5.92 Å². The third kappa shape index (κ3) is 5.39. The van der Waals surface area contributed by atoms with Crippen LogP contribution in [0.4, 0.5) is 5.69 Å². The molecule has 23 heavy (non-hydrogen) atoms. The van der Waals surface area contributed by atoms with E-state index < -0.39 is 0 Å². The third-order valence-electron chi connectivity index (χ3n) is 4.21. The fourth-order valence-corrected chi connectivity index (χ4v) is 2.90. The average molecular weight is 316 g/mol. The van der Waals surface area contributed by atoms with Gasteiger partial charge in [0.25, 0.3) is 0 Å². The standard InChI is InChI=1S/C19H28N2O2/c1-4-23-19(22)17-8-6-14-21(15-17)13-5-7-16-9-11-18(12-10-16)20(2)3/h5,7,9-12,17H,4,6,8,13-15H2,1-3H3/b7-5+/t17-/m0/s1. The van der Waals surface area contributed by atoms with Gasteiger partial charge in [0.1, 0.15) is 0 Å². The van der Waals surface area contributed by atoms with Gasteiger partial charge in [0.15, 0.2) is 0 Å². The highest BCUT2D eigenvalue weighted by atomic mass is 16.5. The van der Waals surface area contributed by atoms with Gasteiger partial charge in [-0.05, 0) is 44.0 Å². The van der Waals surface area contributed by atoms with Crippen molar-refractivity contribution >= 4 is 17.7 Å². The fraction of sp³-hybridized carbons (Fsp3) is 0.526. The number of benzene rings is 1. The van der Waals surface area contributed by atoms with Gasteiger partial charge in [0.05, 0.1) is 12.5 Å². The van der Waals surface area contributed by atoms with Gasteiger partial charge < -0.3 is 9.64 Å². The number of rotatable bonds is 6. The largest absolute Gasteiger partial charge is 0.466 e. The van der Waals surface area contributed by atoms with Crippen molar-refractivity contribution < 1.29 is 9.53 Å². The molecule has 126 valence electrons. The lowest BCUT2D eigenvalue weighted by molar-refractivity contribution is -0.149. The Kier molecular flexibility index (Phi) is 6.66. The summed E-state index contributed by atoms with van der Waals surface area (Å²) in [5.41, 5.74) is 2.41. The summed E-state index contributed by atoms with van der Waals surface area (Å²) in [6.07, 6.45) is 6.34. The van der Waals surface area contributed by atoms with E-state index in [9.17, 15) is 4.79 Å². The predicted octanol–water partition coefficient (Wildman–Crippen LogP) is 3.04. The van der Waals surface area contributed by atoms with Crippen molar-refractivity contribution in [3.63, 3.8) is 0 Å². The summed E-state index contributed by atoms with van der Waals surface area (Å²) in [7, 11) is 4.09. The second kappa shape index (κ2) is 8.73. The molecule has 0 spiro atoms. The van der Waals surface area contributed by atoms with Crippen molar-refractivity contribution in [1.29, 1.82) is 0 Å². The van der Waals surface area contributed by atoms with Gasteiger partial charge in [-0.25, -0.2) is 0 Å². The molecule has 0 aromatic heterocycles. The minimum atomic E-state index is -0.0412. The molecule has 1 saturated heterocycles. The molecule has 1 aliphatic rings. The fourth-order valence-electron chi connectivity index (χ4n) is 2.90. The molecule has 1 atom stereocenters. The first kappa shape index (κ1) is 17.5. The Hall–Kier alpha value is -1.81. The highest BCUT2D eigenvalue weighted by Gasteiger charge is 2.25. The van der Waals surface area contributed by atoms with E-state index in [-0.39, 0.29) is 11.9 Å². The number of carbonyl (C=O) groups excluding carboxylic acids is 1. The molecule has 0 unspecified atom stereocenters.